The molecule has 0 aromatic heterocycles. The molecule has 1 rings (SSSR count). The summed E-state index contributed by atoms with van der Waals surface area (Å²) in [5.41, 5.74) is 0.0747. The van der Waals surface area contributed by atoms with E-state index in [0.717, 1.165) is 0 Å². The van der Waals surface area contributed by atoms with Crippen molar-refractivity contribution in [3.8, 4) is 11.5 Å². The van der Waals surface area contributed by atoms with Crippen LogP contribution in [0.1, 0.15) is 24.2 Å². The van der Waals surface area contributed by atoms with E-state index in [2.05, 4.69) is 20.7 Å². The van der Waals surface area contributed by atoms with Crippen LogP contribution in [-0.4, -0.2) is 23.8 Å². The quantitative estimate of drug-likeness (QED) is 0.592. The molecule has 1 aromatic carbocycles. The van der Waals surface area contributed by atoms with Crippen LogP contribution in [0, 0.1) is 0 Å². The molecule has 3 nitrogen and oxygen atoms in total. The number of ketones is 1. The molecule has 6 heteroatoms. The predicted molar refractivity (Wildman–Crippen MR) is 67.0 cm³/mol. The van der Waals surface area contributed by atoms with Crippen molar-refractivity contribution in [3.63, 3.8) is 0 Å². The van der Waals surface area contributed by atoms with E-state index < -0.39 is 11.4 Å². The average Bonchev–Trinajstić information content (AvgIpc) is 2.30. The van der Waals surface area contributed by atoms with E-state index in [1.54, 1.807) is 19.9 Å². The van der Waals surface area contributed by atoms with Crippen molar-refractivity contribution in [1.29, 1.82) is 0 Å². The lowest BCUT2D eigenvalue weighted by Gasteiger charge is -2.15. The van der Waals surface area contributed by atoms with Crippen LogP contribution < -0.4 is 9.47 Å². The van der Waals surface area contributed by atoms with E-state index in [9.17, 15) is 13.6 Å². The van der Waals surface area contributed by atoms with E-state index >= 15 is 0 Å². The minimum absolute atomic E-state index is 0.0747. The monoisotopic (exact) mass is 322 g/mol. The van der Waals surface area contributed by atoms with E-state index in [4.69, 9.17) is 4.74 Å². The van der Waals surface area contributed by atoms with Crippen molar-refractivity contribution in [3.05, 3.63) is 23.8 Å². The second-order valence-electron chi connectivity index (χ2n) is 3.42. The third kappa shape index (κ3) is 3.66. The van der Waals surface area contributed by atoms with E-state index in [1.807, 2.05) is 0 Å². The molecule has 0 aliphatic heterocycles. The maximum Gasteiger partial charge on any atom is 0.387 e. The maximum atomic E-state index is 12.4. The van der Waals surface area contributed by atoms with Gasteiger partial charge in [0, 0.05) is 0 Å². The van der Waals surface area contributed by atoms with E-state index in [0.29, 0.717) is 6.61 Å². The van der Waals surface area contributed by atoms with Gasteiger partial charge in [-0.15, -0.1) is 0 Å². The summed E-state index contributed by atoms with van der Waals surface area (Å²) >= 11 is 3.11. The van der Waals surface area contributed by atoms with E-state index in [-0.39, 0.29) is 22.8 Å². The molecule has 0 radical (unpaired) electrons. The van der Waals surface area contributed by atoms with Gasteiger partial charge in [0.05, 0.1) is 17.0 Å². The van der Waals surface area contributed by atoms with Crippen molar-refractivity contribution >= 4 is 21.7 Å². The first kappa shape index (κ1) is 14.9. The molecule has 0 fully saturated rings. The van der Waals surface area contributed by atoms with Gasteiger partial charge < -0.3 is 9.47 Å². The van der Waals surface area contributed by atoms with Gasteiger partial charge in [0.1, 0.15) is 0 Å². The molecule has 0 aliphatic rings. The summed E-state index contributed by atoms with van der Waals surface area (Å²) in [4.78, 5) is 11.4. The number of halogens is 3. The number of alkyl halides is 3. The fourth-order valence-electron chi connectivity index (χ4n) is 1.40. The Morgan fingerprint density at radius 3 is 2.61 bits per heavy atom. The smallest absolute Gasteiger partial charge is 0.387 e. The van der Waals surface area contributed by atoms with Crippen LogP contribution in [-0.2, 0) is 0 Å². The van der Waals surface area contributed by atoms with Crippen molar-refractivity contribution < 1.29 is 23.0 Å². The third-order valence-corrected chi connectivity index (χ3v) is 2.53. The van der Waals surface area contributed by atoms with Crippen molar-refractivity contribution in [1.82, 2.24) is 0 Å². The summed E-state index contributed by atoms with van der Waals surface area (Å²) in [5, 5.41) is 0. The van der Waals surface area contributed by atoms with Crippen LogP contribution in [0.5, 0.6) is 11.5 Å². The van der Waals surface area contributed by atoms with Crippen molar-refractivity contribution in [2.75, 3.05) is 6.61 Å². The summed E-state index contributed by atoms with van der Waals surface area (Å²) in [7, 11) is 0. The third-order valence-electron chi connectivity index (χ3n) is 2.11. The summed E-state index contributed by atoms with van der Waals surface area (Å²) < 4.78 is 34.4. The average molecular weight is 323 g/mol. The highest BCUT2D eigenvalue weighted by atomic mass is 79.9. The molecule has 0 N–H and O–H groups in total. The van der Waals surface area contributed by atoms with E-state index in [1.165, 1.54) is 12.1 Å². The van der Waals surface area contributed by atoms with Gasteiger partial charge in [-0.3, -0.25) is 4.79 Å². The molecule has 0 saturated heterocycles. The molecule has 0 heterocycles. The molecule has 1 unspecified atom stereocenters. The highest BCUT2D eigenvalue weighted by molar-refractivity contribution is 9.10. The van der Waals surface area contributed by atoms with Gasteiger partial charge in [-0.05, 0) is 26.0 Å². The lowest BCUT2D eigenvalue weighted by Crippen LogP contribution is -2.14. The normalized spacial score (nSPS) is 12.3. The molecule has 0 aliphatic carbocycles. The van der Waals surface area contributed by atoms with Crippen LogP contribution in [0.15, 0.2) is 18.2 Å². The molecular weight excluding hydrogens is 310 g/mol. The molecule has 18 heavy (non-hydrogen) atoms. The molecule has 0 saturated carbocycles. The minimum Gasteiger partial charge on any atom is -0.490 e. The Morgan fingerprint density at radius 1 is 1.44 bits per heavy atom. The molecule has 1 atom stereocenters. The zero-order valence-electron chi connectivity index (χ0n) is 9.95. The Hall–Kier alpha value is -1.17. The highest BCUT2D eigenvalue weighted by Crippen LogP contribution is 2.34. The first-order chi connectivity index (χ1) is 8.47. The summed E-state index contributed by atoms with van der Waals surface area (Å²) in [6.45, 7) is 0.611. The number of carbonyl (C=O) groups is 1. The number of hydrogen-bond donors (Lipinski definition) is 0. The summed E-state index contributed by atoms with van der Waals surface area (Å²) in [6.07, 6.45) is 0. The van der Waals surface area contributed by atoms with Gasteiger partial charge in [-0.1, -0.05) is 22.0 Å². The summed E-state index contributed by atoms with van der Waals surface area (Å²) in [6, 6.07) is 4.48. The van der Waals surface area contributed by atoms with Crippen LogP contribution >= 0.6 is 15.9 Å². The van der Waals surface area contributed by atoms with Gasteiger partial charge in [0.25, 0.3) is 0 Å². The standard InChI is InChI=1S/C12H13BrF2O3/c1-3-17-9-6-4-5-8(10(16)7(2)13)11(9)18-12(14)15/h4-7,12H,3H2,1-2H3. The minimum atomic E-state index is -3.01. The van der Waals surface area contributed by atoms with Crippen LogP contribution in [0.3, 0.4) is 0 Å². The zero-order chi connectivity index (χ0) is 13.7. The lowest BCUT2D eigenvalue weighted by molar-refractivity contribution is -0.0517. The summed E-state index contributed by atoms with van der Waals surface area (Å²) in [5.74, 6) is -0.422. The Balaban J connectivity index is 3.22. The molecule has 0 spiro atoms. The highest BCUT2D eigenvalue weighted by Gasteiger charge is 2.22. The van der Waals surface area contributed by atoms with Crippen LogP contribution in [0.25, 0.3) is 0 Å². The fraction of sp³-hybridized carbons (Fsp3) is 0.417. The first-order valence-corrected chi connectivity index (χ1v) is 6.27. The fourth-order valence-corrected chi connectivity index (χ4v) is 1.65. The van der Waals surface area contributed by atoms with Crippen molar-refractivity contribution in [2.24, 2.45) is 0 Å². The Morgan fingerprint density at radius 2 is 2.11 bits per heavy atom. The largest absolute Gasteiger partial charge is 0.490 e. The van der Waals surface area contributed by atoms with Gasteiger partial charge in [0.15, 0.2) is 17.3 Å². The number of para-hydroxylation sites is 1. The molecule has 1 aromatic rings. The number of hydrogen-bond acceptors (Lipinski definition) is 3. The zero-order valence-corrected chi connectivity index (χ0v) is 11.5. The number of benzene rings is 1. The molecule has 0 bridgehead atoms. The lowest BCUT2D eigenvalue weighted by atomic mass is 10.1. The van der Waals surface area contributed by atoms with Gasteiger partial charge in [-0.2, -0.15) is 8.78 Å². The first-order valence-electron chi connectivity index (χ1n) is 5.36. The predicted octanol–water partition coefficient (Wildman–Crippen LogP) is 3.65. The Bertz CT molecular complexity index is 422. The Kier molecular flexibility index (Phi) is 5.53. The van der Waals surface area contributed by atoms with Crippen LogP contribution in [0.2, 0.25) is 0 Å². The number of Topliss-reactive ketones (excluding diaryl/α,β-unsaturated/α-hetero) is 1. The molecular formula is C12H13BrF2O3. The van der Waals surface area contributed by atoms with Gasteiger partial charge in [0.2, 0.25) is 0 Å². The van der Waals surface area contributed by atoms with Gasteiger partial charge >= 0.3 is 6.61 Å². The number of ether oxygens (including phenoxy) is 2. The SMILES string of the molecule is CCOc1cccc(C(=O)C(C)Br)c1OC(F)F. The second-order valence-corrected chi connectivity index (χ2v) is 4.80. The van der Waals surface area contributed by atoms with Gasteiger partial charge in [-0.25, -0.2) is 0 Å². The molecule has 100 valence electrons. The molecule has 0 amide bonds. The van der Waals surface area contributed by atoms with Crippen molar-refractivity contribution in [2.45, 2.75) is 25.3 Å². The Labute approximate surface area is 112 Å². The second kappa shape index (κ2) is 6.68. The van der Waals surface area contributed by atoms with Crippen LogP contribution in [0.4, 0.5) is 8.78 Å². The number of rotatable bonds is 6. The number of carbonyl (C=O) groups excluding carboxylic acids is 1. The maximum absolute atomic E-state index is 12.4. The topological polar surface area (TPSA) is 35.5 Å².